The zero-order valence-corrected chi connectivity index (χ0v) is 12.7. The lowest BCUT2D eigenvalue weighted by Crippen LogP contribution is -2.38. The van der Waals surface area contributed by atoms with Crippen LogP contribution in [0.4, 0.5) is 0 Å². The molecule has 2 rings (SSSR count). The van der Waals surface area contributed by atoms with Gasteiger partial charge in [-0.3, -0.25) is 4.79 Å². The van der Waals surface area contributed by atoms with Crippen LogP contribution in [0.3, 0.4) is 0 Å². The van der Waals surface area contributed by atoms with Crippen molar-refractivity contribution in [1.82, 2.24) is 10.2 Å². The molecule has 2 atom stereocenters. The van der Waals surface area contributed by atoms with Gasteiger partial charge in [-0.25, -0.2) is 0 Å². The van der Waals surface area contributed by atoms with Crippen LogP contribution < -0.4 is 5.32 Å². The molecule has 0 spiro atoms. The molecule has 3 heteroatoms. The third-order valence-electron chi connectivity index (χ3n) is 4.89. The van der Waals surface area contributed by atoms with E-state index in [1.165, 1.54) is 38.5 Å². The lowest BCUT2D eigenvalue weighted by Gasteiger charge is -2.30. The standard InChI is InChI=1S/C16H30N2O/c1-3-18(4-2)16(19)10-11-17-15-7-5-6-14(12-15)13-8-9-13/h13-15,17H,3-12H2,1-2H3. The molecular weight excluding hydrogens is 236 g/mol. The number of carbonyl (C=O) groups excluding carboxylic acids is 1. The monoisotopic (exact) mass is 266 g/mol. The summed E-state index contributed by atoms with van der Waals surface area (Å²) in [6.07, 6.45) is 9.08. The van der Waals surface area contributed by atoms with Crippen LogP contribution in [0.15, 0.2) is 0 Å². The van der Waals surface area contributed by atoms with Crippen LogP contribution in [0.1, 0.15) is 58.8 Å². The quantitative estimate of drug-likeness (QED) is 0.768. The predicted molar refractivity (Wildman–Crippen MR) is 79.0 cm³/mol. The number of rotatable bonds is 7. The summed E-state index contributed by atoms with van der Waals surface area (Å²) in [4.78, 5) is 13.8. The highest BCUT2D eigenvalue weighted by Crippen LogP contribution is 2.43. The van der Waals surface area contributed by atoms with Crippen LogP contribution in [0.25, 0.3) is 0 Å². The summed E-state index contributed by atoms with van der Waals surface area (Å²) in [5.74, 6) is 2.32. The highest BCUT2D eigenvalue weighted by atomic mass is 16.2. The topological polar surface area (TPSA) is 32.3 Å². The first-order chi connectivity index (χ1) is 9.24. The minimum absolute atomic E-state index is 0.298. The first-order valence-electron chi connectivity index (χ1n) is 8.25. The fourth-order valence-electron chi connectivity index (χ4n) is 3.53. The van der Waals surface area contributed by atoms with Crippen molar-refractivity contribution in [2.24, 2.45) is 11.8 Å². The summed E-state index contributed by atoms with van der Waals surface area (Å²) in [7, 11) is 0. The Labute approximate surface area is 118 Å². The van der Waals surface area contributed by atoms with Crippen molar-refractivity contribution in [3.8, 4) is 0 Å². The fraction of sp³-hybridized carbons (Fsp3) is 0.938. The average Bonchev–Trinajstić information content (AvgIpc) is 3.25. The molecule has 110 valence electrons. The molecule has 2 unspecified atom stereocenters. The van der Waals surface area contributed by atoms with Gasteiger partial charge in [0.1, 0.15) is 0 Å². The summed E-state index contributed by atoms with van der Waals surface area (Å²) in [6, 6.07) is 0.670. The van der Waals surface area contributed by atoms with E-state index in [0.717, 1.165) is 31.5 Å². The predicted octanol–water partition coefficient (Wildman–Crippen LogP) is 2.80. The summed E-state index contributed by atoms with van der Waals surface area (Å²) in [5, 5.41) is 3.62. The minimum atomic E-state index is 0.298. The maximum Gasteiger partial charge on any atom is 0.223 e. The molecule has 0 radical (unpaired) electrons. The highest BCUT2D eigenvalue weighted by molar-refractivity contribution is 5.76. The van der Waals surface area contributed by atoms with Gasteiger partial charge in [-0.1, -0.05) is 12.8 Å². The van der Waals surface area contributed by atoms with E-state index in [0.29, 0.717) is 18.4 Å². The Morgan fingerprint density at radius 2 is 1.84 bits per heavy atom. The molecule has 2 aliphatic carbocycles. The van der Waals surface area contributed by atoms with Crippen molar-refractivity contribution >= 4 is 5.91 Å². The second kappa shape index (κ2) is 7.28. The third-order valence-corrected chi connectivity index (χ3v) is 4.89. The fourth-order valence-corrected chi connectivity index (χ4v) is 3.53. The van der Waals surface area contributed by atoms with E-state index in [1.54, 1.807) is 0 Å². The van der Waals surface area contributed by atoms with Crippen LogP contribution in [0, 0.1) is 11.8 Å². The van der Waals surface area contributed by atoms with E-state index >= 15 is 0 Å². The van der Waals surface area contributed by atoms with Gasteiger partial charge in [0.15, 0.2) is 0 Å². The van der Waals surface area contributed by atoms with Crippen LogP contribution in [0.5, 0.6) is 0 Å². The number of amides is 1. The second-order valence-electron chi connectivity index (χ2n) is 6.23. The smallest absolute Gasteiger partial charge is 0.223 e. The number of nitrogens with one attached hydrogen (secondary N) is 1. The molecule has 1 N–H and O–H groups in total. The number of hydrogen-bond acceptors (Lipinski definition) is 2. The van der Waals surface area contributed by atoms with Gasteiger partial charge in [0.2, 0.25) is 5.91 Å². The van der Waals surface area contributed by atoms with E-state index < -0.39 is 0 Å². The van der Waals surface area contributed by atoms with Crippen LogP contribution in [0.2, 0.25) is 0 Å². The molecule has 0 aromatic rings. The van der Waals surface area contributed by atoms with E-state index in [-0.39, 0.29) is 0 Å². The first kappa shape index (κ1) is 14.8. The third kappa shape index (κ3) is 4.48. The van der Waals surface area contributed by atoms with Crippen molar-refractivity contribution in [2.75, 3.05) is 19.6 Å². The second-order valence-corrected chi connectivity index (χ2v) is 6.23. The molecular formula is C16H30N2O. The Kier molecular flexibility index (Phi) is 5.68. The van der Waals surface area contributed by atoms with Gasteiger partial charge < -0.3 is 10.2 Å². The molecule has 2 fully saturated rings. The molecule has 0 heterocycles. The Balaban J connectivity index is 1.63. The molecule has 3 nitrogen and oxygen atoms in total. The van der Waals surface area contributed by atoms with Crippen molar-refractivity contribution < 1.29 is 4.79 Å². The zero-order chi connectivity index (χ0) is 13.7. The number of carbonyl (C=O) groups is 1. The Hall–Kier alpha value is -0.570. The van der Waals surface area contributed by atoms with Gasteiger partial charge in [0.05, 0.1) is 0 Å². The van der Waals surface area contributed by atoms with Crippen molar-refractivity contribution in [3.05, 3.63) is 0 Å². The van der Waals surface area contributed by atoms with Crippen molar-refractivity contribution in [1.29, 1.82) is 0 Å². The Morgan fingerprint density at radius 1 is 1.11 bits per heavy atom. The molecule has 0 saturated heterocycles. The Bertz CT molecular complexity index is 284. The van der Waals surface area contributed by atoms with Gasteiger partial charge >= 0.3 is 0 Å². The van der Waals surface area contributed by atoms with Gasteiger partial charge in [0, 0.05) is 32.1 Å². The molecule has 19 heavy (non-hydrogen) atoms. The minimum Gasteiger partial charge on any atom is -0.343 e. The summed E-state index contributed by atoms with van der Waals surface area (Å²) in [6.45, 7) is 6.63. The zero-order valence-electron chi connectivity index (χ0n) is 12.7. The lowest BCUT2D eigenvalue weighted by atomic mass is 9.83. The average molecular weight is 266 g/mol. The molecule has 1 amide bonds. The Morgan fingerprint density at radius 3 is 2.47 bits per heavy atom. The summed E-state index contributed by atoms with van der Waals surface area (Å²) in [5.41, 5.74) is 0. The molecule has 0 aromatic carbocycles. The van der Waals surface area contributed by atoms with Crippen molar-refractivity contribution in [3.63, 3.8) is 0 Å². The van der Waals surface area contributed by atoms with E-state index in [4.69, 9.17) is 0 Å². The maximum atomic E-state index is 11.9. The largest absolute Gasteiger partial charge is 0.343 e. The molecule has 2 saturated carbocycles. The maximum absolute atomic E-state index is 11.9. The van der Waals surface area contributed by atoms with Crippen LogP contribution in [-0.2, 0) is 4.79 Å². The van der Waals surface area contributed by atoms with Gasteiger partial charge in [-0.2, -0.15) is 0 Å². The molecule has 0 bridgehead atoms. The highest BCUT2D eigenvalue weighted by Gasteiger charge is 2.34. The molecule has 0 aromatic heterocycles. The summed E-state index contributed by atoms with van der Waals surface area (Å²) < 4.78 is 0. The van der Waals surface area contributed by atoms with Gasteiger partial charge in [-0.05, 0) is 51.4 Å². The van der Waals surface area contributed by atoms with Crippen LogP contribution >= 0.6 is 0 Å². The number of hydrogen-bond donors (Lipinski definition) is 1. The number of nitrogens with zero attached hydrogens (tertiary/aromatic N) is 1. The molecule has 0 aliphatic heterocycles. The van der Waals surface area contributed by atoms with Gasteiger partial charge in [-0.15, -0.1) is 0 Å². The van der Waals surface area contributed by atoms with Crippen molar-refractivity contribution in [2.45, 2.75) is 64.8 Å². The first-order valence-corrected chi connectivity index (χ1v) is 8.25. The molecule has 2 aliphatic rings. The lowest BCUT2D eigenvalue weighted by molar-refractivity contribution is -0.130. The van der Waals surface area contributed by atoms with E-state index in [1.807, 2.05) is 4.90 Å². The van der Waals surface area contributed by atoms with E-state index in [2.05, 4.69) is 19.2 Å². The normalized spacial score (nSPS) is 27.3. The van der Waals surface area contributed by atoms with Crippen LogP contribution in [-0.4, -0.2) is 36.5 Å². The van der Waals surface area contributed by atoms with E-state index in [9.17, 15) is 4.79 Å². The SMILES string of the molecule is CCN(CC)C(=O)CCNC1CCCC(C2CC2)C1. The van der Waals surface area contributed by atoms with Gasteiger partial charge in [0.25, 0.3) is 0 Å². The summed E-state index contributed by atoms with van der Waals surface area (Å²) >= 11 is 0.